The molecule has 4 aliphatic carbocycles. The molecule has 0 saturated heterocycles. The zero-order valence-corrected chi connectivity index (χ0v) is 17.2. The van der Waals surface area contributed by atoms with Crippen LogP contribution in [-0.2, 0) is 11.2 Å². The Hall–Kier alpha value is -2.39. The number of fused-ring (bicyclic) bond motifs is 2. The predicted molar refractivity (Wildman–Crippen MR) is 116 cm³/mol. The molecule has 3 nitrogen and oxygen atoms in total. The van der Waals surface area contributed by atoms with Crippen LogP contribution >= 0.6 is 11.6 Å². The van der Waals surface area contributed by atoms with E-state index in [-0.39, 0.29) is 35.2 Å². The molecular formula is C25H24ClNO2. The normalized spacial score (nSPS) is 28.2. The molecule has 0 amide bonds. The molecule has 0 heterocycles. The molecule has 0 unspecified atom stereocenters. The molecule has 0 radical (unpaired) electrons. The first-order valence-electron chi connectivity index (χ1n) is 10.4. The Bertz CT molecular complexity index is 1050. The number of aliphatic hydroxyl groups is 1. The summed E-state index contributed by atoms with van der Waals surface area (Å²) in [5.41, 5.74) is 5.16. The van der Waals surface area contributed by atoms with E-state index in [0.29, 0.717) is 16.3 Å². The van der Waals surface area contributed by atoms with Crippen LogP contribution in [0, 0.1) is 29.1 Å². The molecule has 2 aromatic carbocycles. The van der Waals surface area contributed by atoms with E-state index in [1.807, 2.05) is 30.3 Å². The predicted octanol–water partition coefficient (Wildman–Crippen LogP) is 6.10. The number of rotatable bonds is 3. The number of hydrogen-bond donors (Lipinski definition) is 2. The van der Waals surface area contributed by atoms with E-state index in [4.69, 9.17) is 17.0 Å². The van der Waals surface area contributed by atoms with E-state index >= 15 is 0 Å². The van der Waals surface area contributed by atoms with Crippen molar-refractivity contribution in [3.8, 4) is 11.1 Å². The van der Waals surface area contributed by atoms with Crippen LogP contribution < -0.4 is 0 Å². The smallest absolute Gasteiger partial charge is 0.171 e. The number of aryl methyl sites for hydroxylation is 1. The third-order valence-electron chi connectivity index (χ3n) is 7.17. The second kappa shape index (κ2) is 6.84. The molecule has 4 aliphatic rings. The zero-order chi connectivity index (χ0) is 20.3. The number of aliphatic hydroxyl groups excluding tert-OH is 1. The van der Waals surface area contributed by atoms with E-state index < -0.39 is 0 Å². The molecule has 6 rings (SSSR count). The Kier molecular flexibility index (Phi) is 4.40. The number of Topliss-reactive ketones (excluding diaryl/α,β-unsaturated/α-hetero) is 1. The number of ketones is 1. The van der Waals surface area contributed by atoms with Gasteiger partial charge < -0.3 is 10.5 Å². The van der Waals surface area contributed by atoms with Crippen LogP contribution in [0.15, 0.2) is 48.2 Å². The largest absolute Gasteiger partial charge is 0.511 e. The minimum atomic E-state index is -0.242. The lowest BCUT2D eigenvalue weighted by molar-refractivity contribution is -0.120. The summed E-state index contributed by atoms with van der Waals surface area (Å²) in [4.78, 5) is 13.5. The molecule has 0 spiro atoms. The van der Waals surface area contributed by atoms with Gasteiger partial charge in [-0.05, 0) is 72.1 Å². The molecule has 148 valence electrons. The van der Waals surface area contributed by atoms with Crippen LogP contribution in [0.2, 0.25) is 5.02 Å². The summed E-state index contributed by atoms with van der Waals surface area (Å²) in [6, 6.07) is 13.8. The average molecular weight is 406 g/mol. The van der Waals surface area contributed by atoms with E-state index in [9.17, 15) is 9.90 Å². The van der Waals surface area contributed by atoms with Crippen molar-refractivity contribution in [1.82, 2.24) is 0 Å². The summed E-state index contributed by atoms with van der Waals surface area (Å²) in [5.74, 6) is 0.188. The number of halogens is 1. The standard InChI is InChI=1S/C25H24ClNO2/c1-2-13-3-4-15(14-5-8-17(26)9-6-14)11-19(13)23-24(28)21-16-7-10-18(20(27)12-16)22(21)25(23)29/h3-6,8-9,11,16,18,21-22,27-28H,2,7,10,12H2,1H3/t16-,18+,21+,22-/m1/s1. The van der Waals surface area contributed by atoms with Crippen molar-refractivity contribution >= 4 is 28.7 Å². The van der Waals surface area contributed by atoms with Gasteiger partial charge >= 0.3 is 0 Å². The van der Waals surface area contributed by atoms with Gasteiger partial charge in [0.15, 0.2) is 5.78 Å². The SMILES string of the molecule is CCc1ccc(-c2ccc(Cl)cc2)cc1C1=C(O)[C@H]2[C@@H]3CC[C@@H](C(=N)C3)[C@H]2C1=O. The van der Waals surface area contributed by atoms with E-state index in [2.05, 4.69) is 19.1 Å². The van der Waals surface area contributed by atoms with Gasteiger partial charge in [0, 0.05) is 28.5 Å². The van der Waals surface area contributed by atoms with Crippen LogP contribution in [0.4, 0.5) is 0 Å². The molecule has 4 heteroatoms. The minimum Gasteiger partial charge on any atom is -0.511 e. The van der Waals surface area contributed by atoms with Crippen LogP contribution in [0.1, 0.15) is 37.3 Å². The fraction of sp³-hybridized carbons (Fsp3) is 0.360. The third kappa shape index (κ3) is 2.78. The van der Waals surface area contributed by atoms with Crippen molar-refractivity contribution < 1.29 is 9.90 Å². The molecule has 0 aromatic heterocycles. The van der Waals surface area contributed by atoms with Crippen LogP contribution in [0.25, 0.3) is 16.7 Å². The van der Waals surface area contributed by atoms with Gasteiger partial charge in [-0.3, -0.25) is 4.79 Å². The number of carbonyl (C=O) groups excluding carboxylic acids is 1. The second-order valence-electron chi connectivity index (χ2n) is 8.58. The van der Waals surface area contributed by atoms with Crippen LogP contribution in [-0.4, -0.2) is 16.6 Å². The Labute approximate surface area is 175 Å². The van der Waals surface area contributed by atoms with Crippen molar-refractivity contribution in [2.45, 2.75) is 32.6 Å². The van der Waals surface area contributed by atoms with E-state index in [0.717, 1.165) is 47.9 Å². The Morgan fingerprint density at radius 2 is 1.79 bits per heavy atom. The topological polar surface area (TPSA) is 61.1 Å². The number of carbonyl (C=O) groups is 1. The van der Waals surface area contributed by atoms with Gasteiger partial charge in [-0.1, -0.05) is 42.8 Å². The lowest BCUT2D eigenvalue weighted by Crippen LogP contribution is -2.46. The van der Waals surface area contributed by atoms with Crippen molar-refractivity contribution in [3.63, 3.8) is 0 Å². The molecule has 3 saturated carbocycles. The summed E-state index contributed by atoms with van der Waals surface area (Å²) in [6.45, 7) is 2.07. The summed E-state index contributed by atoms with van der Waals surface area (Å²) in [7, 11) is 0. The van der Waals surface area contributed by atoms with E-state index in [1.54, 1.807) is 0 Å². The maximum absolute atomic E-state index is 13.5. The van der Waals surface area contributed by atoms with Gasteiger partial charge in [0.25, 0.3) is 0 Å². The van der Waals surface area contributed by atoms with Crippen molar-refractivity contribution in [2.24, 2.45) is 23.7 Å². The van der Waals surface area contributed by atoms with Crippen molar-refractivity contribution in [3.05, 3.63) is 64.4 Å². The molecule has 0 aliphatic heterocycles. The first-order valence-corrected chi connectivity index (χ1v) is 10.8. The lowest BCUT2D eigenvalue weighted by atomic mass is 9.58. The average Bonchev–Trinajstić information content (AvgIpc) is 3.00. The minimum absolute atomic E-state index is 0.00155. The van der Waals surface area contributed by atoms with E-state index in [1.165, 1.54) is 0 Å². The summed E-state index contributed by atoms with van der Waals surface area (Å²) in [6.07, 6.45) is 3.42. The van der Waals surface area contributed by atoms with Gasteiger partial charge in [-0.15, -0.1) is 0 Å². The van der Waals surface area contributed by atoms with Gasteiger partial charge in [0.1, 0.15) is 5.76 Å². The van der Waals surface area contributed by atoms with Gasteiger partial charge in [-0.2, -0.15) is 0 Å². The fourth-order valence-electron chi connectivity index (χ4n) is 5.76. The molecule has 4 atom stereocenters. The second-order valence-corrected chi connectivity index (χ2v) is 9.02. The number of hydrogen-bond acceptors (Lipinski definition) is 3. The highest BCUT2D eigenvalue weighted by Crippen LogP contribution is 2.56. The maximum atomic E-state index is 13.5. The Balaban J connectivity index is 1.63. The monoisotopic (exact) mass is 405 g/mol. The van der Waals surface area contributed by atoms with Gasteiger partial charge in [0.2, 0.25) is 0 Å². The number of benzene rings is 2. The molecule has 29 heavy (non-hydrogen) atoms. The maximum Gasteiger partial charge on any atom is 0.171 e. The summed E-state index contributed by atoms with van der Waals surface area (Å²) >= 11 is 6.03. The van der Waals surface area contributed by atoms with Gasteiger partial charge in [-0.25, -0.2) is 0 Å². The molecular weight excluding hydrogens is 382 g/mol. The summed E-state index contributed by atoms with van der Waals surface area (Å²) in [5, 5.41) is 20.2. The molecule has 3 fully saturated rings. The van der Waals surface area contributed by atoms with Gasteiger partial charge in [0.05, 0.1) is 5.57 Å². The van der Waals surface area contributed by atoms with Crippen LogP contribution in [0.3, 0.4) is 0 Å². The number of allylic oxidation sites excluding steroid dienone is 2. The van der Waals surface area contributed by atoms with Crippen molar-refractivity contribution in [1.29, 1.82) is 5.41 Å². The molecule has 2 bridgehead atoms. The molecule has 2 aromatic rings. The van der Waals surface area contributed by atoms with Crippen LogP contribution in [0.5, 0.6) is 0 Å². The highest BCUT2D eigenvalue weighted by molar-refractivity contribution is 6.30. The third-order valence-corrected chi connectivity index (χ3v) is 7.42. The fourth-order valence-corrected chi connectivity index (χ4v) is 5.88. The first-order chi connectivity index (χ1) is 14.0. The summed E-state index contributed by atoms with van der Waals surface area (Å²) < 4.78 is 0. The zero-order valence-electron chi connectivity index (χ0n) is 16.4. The Morgan fingerprint density at radius 3 is 2.48 bits per heavy atom. The van der Waals surface area contributed by atoms with Crippen molar-refractivity contribution in [2.75, 3.05) is 0 Å². The Morgan fingerprint density at radius 1 is 1.07 bits per heavy atom. The highest BCUT2D eigenvalue weighted by atomic mass is 35.5. The number of nitrogens with one attached hydrogen (secondary N) is 1. The highest BCUT2D eigenvalue weighted by Gasteiger charge is 2.56. The first kappa shape index (κ1) is 18.6. The molecule has 2 N–H and O–H groups in total. The lowest BCUT2D eigenvalue weighted by Gasteiger charge is -2.45. The quantitative estimate of drug-likeness (QED) is 0.647.